The van der Waals surface area contributed by atoms with Gasteiger partial charge in [0.1, 0.15) is 0 Å². The first-order valence-electron chi connectivity index (χ1n) is 6.32. The Morgan fingerprint density at radius 1 is 1.25 bits per heavy atom. The van der Waals surface area contributed by atoms with Gasteiger partial charge in [0, 0.05) is 11.7 Å². The predicted octanol–water partition coefficient (Wildman–Crippen LogP) is -0.245. The molecule has 0 aromatic rings. The summed E-state index contributed by atoms with van der Waals surface area (Å²) in [6.45, 7) is 2.76. The van der Waals surface area contributed by atoms with Crippen molar-refractivity contribution in [2.24, 2.45) is 22.6 Å². The molecule has 2 rings (SSSR count). The van der Waals surface area contributed by atoms with Crippen molar-refractivity contribution in [2.75, 3.05) is 18.8 Å². The van der Waals surface area contributed by atoms with Crippen molar-refractivity contribution in [1.29, 1.82) is 0 Å². The van der Waals surface area contributed by atoms with Crippen LogP contribution < -0.4 is 16.5 Å². The van der Waals surface area contributed by atoms with Crippen LogP contribution in [0.3, 0.4) is 0 Å². The Labute approximate surface area is 102 Å². The Balaban J connectivity index is 1.87. The van der Waals surface area contributed by atoms with Crippen molar-refractivity contribution in [1.82, 2.24) is 0 Å². The SMILES string of the molecule is NN=C(N)SC[C@H]1CCC[NH+]2CCCC[C@@H]12. The summed E-state index contributed by atoms with van der Waals surface area (Å²) >= 11 is 1.63. The summed E-state index contributed by atoms with van der Waals surface area (Å²) in [6.07, 6.45) is 6.96. The van der Waals surface area contributed by atoms with Gasteiger partial charge in [-0.1, -0.05) is 11.8 Å². The molecule has 5 heteroatoms. The molecule has 1 unspecified atom stereocenters. The zero-order valence-corrected chi connectivity index (χ0v) is 10.6. The summed E-state index contributed by atoms with van der Waals surface area (Å²) in [5.74, 6) is 7.07. The number of quaternary nitrogens is 1. The van der Waals surface area contributed by atoms with E-state index in [1.807, 2.05) is 4.90 Å². The van der Waals surface area contributed by atoms with E-state index in [0.717, 1.165) is 17.7 Å². The number of rotatable bonds is 2. The third kappa shape index (κ3) is 2.83. The molecule has 0 spiro atoms. The number of nitrogens with two attached hydrogens (primary N) is 2. The number of hydrogen-bond donors (Lipinski definition) is 3. The maximum atomic E-state index is 5.64. The van der Waals surface area contributed by atoms with Crippen LogP contribution in [0.2, 0.25) is 0 Å². The van der Waals surface area contributed by atoms with E-state index >= 15 is 0 Å². The average Bonchev–Trinajstić information content (AvgIpc) is 2.35. The number of hydrogen-bond acceptors (Lipinski definition) is 3. The minimum absolute atomic E-state index is 0.530. The Bertz CT molecular complexity index is 254. The summed E-state index contributed by atoms with van der Waals surface area (Å²) in [4.78, 5) is 1.84. The molecule has 0 radical (unpaired) electrons. The quantitative estimate of drug-likeness (QED) is 0.271. The van der Waals surface area contributed by atoms with Gasteiger partial charge in [0.2, 0.25) is 0 Å². The molecule has 0 aliphatic carbocycles. The molecule has 0 bridgehead atoms. The number of nitrogens with one attached hydrogen (secondary N) is 1. The first-order valence-corrected chi connectivity index (χ1v) is 7.30. The predicted molar refractivity (Wildman–Crippen MR) is 69.3 cm³/mol. The minimum Gasteiger partial charge on any atom is -0.377 e. The molecule has 2 aliphatic heterocycles. The van der Waals surface area contributed by atoms with Crippen LogP contribution in [0.4, 0.5) is 0 Å². The standard InChI is InChI=1S/C11H22N4S/c12-11(14-13)16-8-9-4-3-7-15-6-2-1-5-10(9)15/h9-10H,1-8,13H2,(H2,12,14)/p+1/t9-,10+/m1/s1. The number of nitrogens with zero attached hydrogens (tertiary/aromatic N) is 1. The Hall–Kier alpha value is -0.420. The smallest absolute Gasteiger partial charge is 0.177 e. The second-order valence-electron chi connectivity index (χ2n) is 4.94. The van der Waals surface area contributed by atoms with Crippen molar-refractivity contribution < 1.29 is 4.90 Å². The highest BCUT2D eigenvalue weighted by Crippen LogP contribution is 2.23. The largest absolute Gasteiger partial charge is 0.377 e. The average molecular weight is 243 g/mol. The van der Waals surface area contributed by atoms with Gasteiger partial charge in [-0.3, -0.25) is 0 Å². The second kappa shape index (κ2) is 5.77. The van der Waals surface area contributed by atoms with Gasteiger partial charge >= 0.3 is 0 Å². The number of piperidine rings is 2. The molecule has 0 amide bonds. The van der Waals surface area contributed by atoms with Crippen LogP contribution in [0, 0.1) is 5.92 Å². The maximum Gasteiger partial charge on any atom is 0.177 e. The Kier molecular flexibility index (Phi) is 4.35. The second-order valence-corrected chi connectivity index (χ2v) is 5.98. The van der Waals surface area contributed by atoms with Crippen molar-refractivity contribution >= 4 is 16.9 Å². The molecule has 0 saturated carbocycles. The first-order chi connectivity index (χ1) is 7.81. The molecular weight excluding hydrogens is 220 g/mol. The topological polar surface area (TPSA) is 68.8 Å². The van der Waals surface area contributed by atoms with Crippen molar-refractivity contribution in [2.45, 2.75) is 38.1 Å². The highest BCUT2D eigenvalue weighted by molar-refractivity contribution is 8.13. The minimum atomic E-state index is 0.530. The molecule has 5 N–H and O–H groups in total. The first kappa shape index (κ1) is 12.0. The lowest BCUT2D eigenvalue weighted by Crippen LogP contribution is -3.18. The van der Waals surface area contributed by atoms with Crippen LogP contribution in [0.1, 0.15) is 32.1 Å². The lowest BCUT2D eigenvalue weighted by atomic mass is 9.85. The van der Waals surface area contributed by atoms with Crippen molar-refractivity contribution in [3.63, 3.8) is 0 Å². The third-order valence-corrected chi connectivity index (χ3v) is 5.00. The van der Waals surface area contributed by atoms with Crippen LogP contribution in [-0.4, -0.2) is 30.1 Å². The number of thioether (sulfide) groups is 1. The van der Waals surface area contributed by atoms with E-state index in [0.29, 0.717) is 5.17 Å². The third-order valence-electron chi connectivity index (χ3n) is 4.00. The van der Waals surface area contributed by atoms with Gasteiger partial charge < -0.3 is 16.5 Å². The fourth-order valence-corrected chi connectivity index (χ4v) is 4.07. The molecule has 0 aromatic heterocycles. The maximum absolute atomic E-state index is 5.64. The van der Waals surface area contributed by atoms with Crippen LogP contribution in [-0.2, 0) is 0 Å². The van der Waals surface area contributed by atoms with Crippen LogP contribution in [0.25, 0.3) is 0 Å². The lowest BCUT2D eigenvalue weighted by molar-refractivity contribution is -0.939. The molecule has 2 heterocycles. The molecule has 2 saturated heterocycles. The van der Waals surface area contributed by atoms with E-state index in [2.05, 4.69) is 5.10 Å². The van der Waals surface area contributed by atoms with Gasteiger partial charge in [0.15, 0.2) is 5.17 Å². The summed E-state index contributed by atoms with van der Waals surface area (Å²) in [6, 6.07) is 0.876. The lowest BCUT2D eigenvalue weighted by Gasteiger charge is -2.41. The van der Waals surface area contributed by atoms with Gasteiger partial charge in [-0.2, -0.15) is 5.10 Å². The van der Waals surface area contributed by atoms with E-state index < -0.39 is 0 Å². The Morgan fingerprint density at radius 2 is 2.06 bits per heavy atom. The molecule has 16 heavy (non-hydrogen) atoms. The molecule has 92 valence electrons. The molecule has 4 nitrogen and oxygen atoms in total. The van der Waals surface area contributed by atoms with E-state index in [-0.39, 0.29) is 0 Å². The summed E-state index contributed by atoms with van der Waals surface area (Å²) < 4.78 is 0. The van der Waals surface area contributed by atoms with Crippen LogP contribution >= 0.6 is 11.8 Å². The number of amidine groups is 1. The molecule has 0 aromatic carbocycles. The van der Waals surface area contributed by atoms with Crippen LogP contribution in [0.15, 0.2) is 5.10 Å². The summed E-state index contributed by atoms with van der Waals surface area (Å²) in [5, 5.41) is 4.06. The zero-order chi connectivity index (χ0) is 11.4. The molecule has 2 aliphatic rings. The van der Waals surface area contributed by atoms with Gasteiger partial charge in [-0.15, -0.1) is 0 Å². The summed E-state index contributed by atoms with van der Waals surface area (Å²) in [7, 11) is 0. The van der Waals surface area contributed by atoms with Gasteiger partial charge in [-0.25, -0.2) is 0 Å². The number of fused-ring (bicyclic) bond motifs is 1. The van der Waals surface area contributed by atoms with E-state index in [1.165, 1.54) is 45.2 Å². The van der Waals surface area contributed by atoms with E-state index in [4.69, 9.17) is 11.6 Å². The fourth-order valence-electron chi connectivity index (χ4n) is 3.21. The Morgan fingerprint density at radius 3 is 2.88 bits per heavy atom. The monoisotopic (exact) mass is 243 g/mol. The number of hydrazone groups is 1. The molecular formula is C11H23N4S+. The van der Waals surface area contributed by atoms with E-state index in [9.17, 15) is 0 Å². The molecule has 3 atom stereocenters. The van der Waals surface area contributed by atoms with Gasteiger partial charge in [0.05, 0.1) is 19.1 Å². The van der Waals surface area contributed by atoms with Crippen molar-refractivity contribution in [3.8, 4) is 0 Å². The van der Waals surface area contributed by atoms with Crippen LogP contribution in [0.5, 0.6) is 0 Å². The van der Waals surface area contributed by atoms with E-state index in [1.54, 1.807) is 11.8 Å². The highest BCUT2D eigenvalue weighted by Gasteiger charge is 2.36. The van der Waals surface area contributed by atoms with Gasteiger partial charge in [0.25, 0.3) is 0 Å². The zero-order valence-electron chi connectivity index (χ0n) is 9.82. The highest BCUT2D eigenvalue weighted by atomic mass is 32.2. The summed E-state index contributed by atoms with van der Waals surface area (Å²) in [5.41, 5.74) is 5.64. The molecule has 2 fully saturated rings. The van der Waals surface area contributed by atoms with Crippen molar-refractivity contribution in [3.05, 3.63) is 0 Å². The normalized spacial score (nSPS) is 35.8. The van der Waals surface area contributed by atoms with Gasteiger partial charge in [-0.05, 0) is 32.1 Å². The fraction of sp³-hybridized carbons (Fsp3) is 0.909.